The van der Waals surface area contributed by atoms with E-state index in [9.17, 15) is 0 Å². The molecule has 0 aromatic carbocycles. The van der Waals surface area contributed by atoms with Gasteiger partial charge in [-0.05, 0) is 162 Å². The second kappa shape index (κ2) is 27.7. The lowest BCUT2D eigenvalue weighted by atomic mass is 9.70. The van der Waals surface area contributed by atoms with E-state index in [0.29, 0.717) is 41.4 Å². The van der Waals surface area contributed by atoms with E-state index in [4.69, 9.17) is 0 Å². The second-order valence-corrected chi connectivity index (χ2v) is 18.7. The Bertz CT molecular complexity index is 1170. The van der Waals surface area contributed by atoms with Crippen LogP contribution in [0, 0.1) is 71.0 Å². The van der Waals surface area contributed by atoms with Crippen LogP contribution in [0.3, 0.4) is 0 Å². The van der Waals surface area contributed by atoms with E-state index in [2.05, 4.69) is 150 Å². The number of hydrogen-bond donors (Lipinski definition) is 0. The van der Waals surface area contributed by atoms with Gasteiger partial charge in [-0.25, -0.2) is 0 Å². The van der Waals surface area contributed by atoms with Crippen LogP contribution in [0.5, 0.6) is 0 Å². The monoisotopic (exact) mass is 741 g/mol. The quantitative estimate of drug-likeness (QED) is 0.0736. The standard InChI is InChI=1S/C54H92/c1-13-19-20-25-47-31-33-50(34-32-47)51-36-35-49(24-17-5)52(40-51)39-48(23-16-4)30-29-44(10)46(12)54(38-43(9)22-15-3)53(37-27-41(7)18-6)45(11)28-26-42(8)21-14-2/h13,15,18-19,22,29-31,33,38,40-51,53H,6,14,16-17,20-21,23-28,32,34-37,39H2,1-5,7-12H3/b19-13+,22-15+,30-29-,54-38+. The third-order valence-electron chi connectivity index (χ3n) is 13.9. The molecule has 12 atom stereocenters. The largest absolute Gasteiger partial charge is 0.103 e. The molecule has 0 heteroatoms. The number of hydrogen-bond acceptors (Lipinski definition) is 0. The average molecular weight is 741 g/mol. The molecule has 2 aliphatic rings. The molecule has 0 aromatic heterocycles. The first-order chi connectivity index (χ1) is 26.0. The molecule has 0 N–H and O–H groups in total. The van der Waals surface area contributed by atoms with Gasteiger partial charge in [-0.3, -0.25) is 0 Å². The Hall–Kier alpha value is -1.82. The predicted molar refractivity (Wildman–Crippen MR) is 246 cm³/mol. The van der Waals surface area contributed by atoms with Crippen LogP contribution in [-0.2, 0) is 0 Å². The van der Waals surface area contributed by atoms with Gasteiger partial charge in [0.1, 0.15) is 0 Å². The lowest BCUT2D eigenvalue weighted by molar-refractivity contribution is 0.287. The van der Waals surface area contributed by atoms with Gasteiger partial charge in [-0.15, -0.1) is 6.58 Å². The van der Waals surface area contributed by atoms with Crippen LogP contribution in [0.2, 0.25) is 0 Å². The van der Waals surface area contributed by atoms with Gasteiger partial charge in [0.25, 0.3) is 0 Å². The first-order valence-electron chi connectivity index (χ1n) is 23.7. The molecule has 0 fully saturated rings. The first kappa shape index (κ1) is 48.3. The molecule has 2 rings (SSSR count). The zero-order chi connectivity index (χ0) is 39.9. The maximum absolute atomic E-state index is 4.16. The van der Waals surface area contributed by atoms with Gasteiger partial charge in [0.05, 0.1) is 0 Å². The molecule has 0 aliphatic heterocycles. The van der Waals surface area contributed by atoms with Crippen molar-refractivity contribution in [1.82, 2.24) is 0 Å². The molecular weight excluding hydrogens is 649 g/mol. The summed E-state index contributed by atoms with van der Waals surface area (Å²) in [7, 11) is 0. The van der Waals surface area contributed by atoms with E-state index >= 15 is 0 Å². The van der Waals surface area contributed by atoms with Gasteiger partial charge in [0.15, 0.2) is 0 Å². The van der Waals surface area contributed by atoms with Crippen molar-refractivity contribution in [3.05, 3.63) is 84.6 Å². The summed E-state index contributed by atoms with van der Waals surface area (Å²) in [6.45, 7) is 30.5. The Balaban J connectivity index is 2.34. The Kier molecular flexibility index (Phi) is 24.8. The summed E-state index contributed by atoms with van der Waals surface area (Å²) in [6, 6.07) is 0. The summed E-state index contributed by atoms with van der Waals surface area (Å²) in [5.41, 5.74) is 3.53. The Morgan fingerprint density at radius 3 is 2.11 bits per heavy atom. The summed E-state index contributed by atoms with van der Waals surface area (Å²) in [4.78, 5) is 0. The Labute approximate surface area is 339 Å². The van der Waals surface area contributed by atoms with Crippen LogP contribution in [-0.4, -0.2) is 0 Å². The molecule has 0 amide bonds. The van der Waals surface area contributed by atoms with Crippen LogP contribution in [0.1, 0.15) is 185 Å². The summed E-state index contributed by atoms with van der Waals surface area (Å²) in [5.74, 6) is 7.94. The molecule has 0 bridgehead atoms. The first-order valence-corrected chi connectivity index (χ1v) is 23.7. The van der Waals surface area contributed by atoms with Crippen LogP contribution >= 0.6 is 0 Å². The molecule has 0 nitrogen and oxygen atoms in total. The predicted octanol–water partition coefficient (Wildman–Crippen LogP) is 17.5. The Morgan fingerprint density at radius 1 is 0.741 bits per heavy atom. The molecule has 0 heterocycles. The maximum Gasteiger partial charge on any atom is -0.00791 e. The Morgan fingerprint density at radius 2 is 1.48 bits per heavy atom. The zero-order valence-corrected chi connectivity index (χ0v) is 38.0. The van der Waals surface area contributed by atoms with E-state index in [1.807, 2.05) is 5.57 Å². The molecule has 0 saturated carbocycles. The van der Waals surface area contributed by atoms with Gasteiger partial charge in [-0.2, -0.15) is 0 Å². The minimum Gasteiger partial charge on any atom is -0.103 e. The molecular formula is C54H92. The number of rotatable bonds is 27. The SMILES string of the molecule is C=CC(C)CCC(/C(=C/C(C)/C=C/C)C(C)C(C)/C=C\C(CCC)CC1=CC(C2C=CC(CC/C=C/C)CC2)CCC1CCC)C(C)CCC(C)CCC. The summed E-state index contributed by atoms with van der Waals surface area (Å²) in [6.07, 6.45) is 49.9. The van der Waals surface area contributed by atoms with E-state index in [1.165, 1.54) is 109 Å². The molecule has 0 aromatic rings. The highest BCUT2D eigenvalue weighted by molar-refractivity contribution is 5.20. The third kappa shape index (κ3) is 17.5. The highest BCUT2D eigenvalue weighted by Gasteiger charge is 2.31. The van der Waals surface area contributed by atoms with Crippen molar-refractivity contribution >= 4 is 0 Å². The highest BCUT2D eigenvalue weighted by Crippen LogP contribution is 2.43. The fourth-order valence-electron chi connectivity index (χ4n) is 10.0. The molecule has 2 aliphatic carbocycles. The van der Waals surface area contributed by atoms with Crippen LogP contribution in [0.4, 0.5) is 0 Å². The summed E-state index contributed by atoms with van der Waals surface area (Å²) in [5, 5.41) is 0. The van der Waals surface area contributed by atoms with Crippen molar-refractivity contribution in [2.75, 3.05) is 0 Å². The van der Waals surface area contributed by atoms with Gasteiger partial charge < -0.3 is 0 Å². The van der Waals surface area contributed by atoms with Crippen molar-refractivity contribution in [3.63, 3.8) is 0 Å². The number of allylic oxidation sites excluding steroid dienone is 13. The lowest BCUT2D eigenvalue weighted by Crippen LogP contribution is -2.24. The van der Waals surface area contributed by atoms with Crippen molar-refractivity contribution in [2.45, 2.75) is 185 Å². The third-order valence-corrected chi connectivity index (χ3v) is 13.9. The minimum absolute atomic E-state index is 0.465. The molecule has 308 valence electrons. The molecule has 0 spiro atoms. The normalized spacial score (nSPS) is 25.8. The van der Waals surface area contributed by atoms with Crippen molar-refractivity contribution in [2.24, 2.45) is 71.0 Å². The molecule has 12 unspecified atom stereocenters. The van der Waals surface area contributed by atoms with E-state index in [-0.39, 0.29) is 0 Å². The summed E-state index contributed by atoms with van der Waals surface area (Å²) >= 11 is 0. The van der Waals surface area contributed by atoms with Crippen LogP contribution in [0.15, 0.2) is 84.6 Å². The topological polar surface area (TPSA) is 0 Å². The molecule has 0 saturated heterocycles. The molecule has 54 heavy (non-hydrogen) atoms. The van der Waals surface area contributed by atoms with Crippen molar-refractivity contribution < 1.29 is 0 Å². The van der Waals surface area contributed by atoms with Gasteiger partial charge in [-0.1, -0.05) is 172 Å². The van der Waals surface area contributed by atoms with Gasteiger partial charge in [0, 0.05) is 0 Å². The second-order valence-electron chi connectivity index (χ2n) is 18.7. The fraction of sp³-hybridized carbons (Fsp3) is 0.741. The van der Waals surface area contributed by atoms with Crippen molar-refractivity contribution in [1.29, 1.82) is 0 Å². The fourth-order valence-corrected chi connectivity index (χ4v) is 10.0. The van der Waals surface area contributed by atoms with E-state index in [0.717, 1.165) is 29.6 Å². The highest BCUT2D eigenvalue weighted by atomic mass is 14.4. The minimum atomic E-state index is 0.465. The maximum atomic E-state index is 4.16. The van der Waals surface area contributed by atoms with E-state index < -0.39 is 0 Å². The van der Waals surface area contributed by atoms with Crippen LogP contribution < -0.4 is 0 Å². The zero-order valence-electron chi connectivity index (χ0n) is 38.0. The summed E-state index contributed by atoms with van der Waals surface area (Å²) < 4.78 is 0. The van der Waals surface area contributed by atoms with E-state index in [1.54, 1.807) is 5.57 Å². The molecule has 0 radical (unpaired) electrons. The van der Waals surface area contributed by atoms with Crippen LogP contribution in [0.25, 0.3) is 0 Å². The van der Waals surface area contributed by atoms with Gasteiger partial charge in [0.2, 0.25) is 0 Å². The smallest absolute Gasteiger partial charge is 0.00791 e. The lowest BCUT2D eigenvalue weighted by Gasteiger charge is -2.35. The average Bonchev–Trinajstić information content (AvgIpc) is 3.16. The van der Waals surface area contributed by atoms with Gasteiger partial charge >= 0.3 is 0 Å². The van der Waals surface area contributed by atoms with Crippen molar-refractivity contribution in [3.8, 4) is 0 Å².